The maximum Gasteiger partial charge on any atom is 0.302 e. The summed E-state index contributed by atoms with van der Waals surface area (Å²) in [6, 6.07) is 5.92. The van der Waals surface area contributed by atoms with E-state index >= 15 is 0 Å². The average molecular weight is 307 g/mol. The molecular weight excluding hydrogens is 282 g/mol. The Morgan fingerprint density at radius 1 is 1.23 bits per heavy atom. The van der Waals surface area contributed by atoms with E-state index < -0.39 is 0 Å². The van der Waals surface area contributed by atoms with E-state index in [1.54, 1.807) is 0 Å². The number of nitrogens with two attached hydrogens (primary N) is 1. The Labute approximate surface area is 131 Å². The number of nitrogens with zero attached hydrogens (tertiary/aromatic N) is 2. The minimum Gasteiger partial charge on any atom is -0.491 e. The number of nitrogen functional groups attached to an aromatic ring is 1. The number of anilines is 2. The average Bonchev–Trinajstić information content (AvgIpc) is 2.49. The molecule has 1 aromatic carbocycles. The molecule has 0 aromatic heterocycles. The molecule has 122 valence electrons. The number of carbonyl (C=O) groups excluding carboxylic acids is 1. The van der Waals surface area contributed by atoms with Crippen molar-refractivity contribution >= 4 is 17.3 Å². The predicted octanol–water partition coefficient (Wildman–Crippen LogP) is 1.35. The minimum absolute atomic E-state index is 0.268. The molecule has 2 rings (SSSR count). The van der Waals surface area contributed by atoms with Gasteiger partial charge in [-0.2, -0.15) is 0 Å². The Bertz CT molecular complexity index is 499. The fraction of sp³-hybridized carbons (Fsp3) is 0.562. The number of piperazine rings is 1. The lowest BCUT2D eigenvalue weighted by atomic mass is 10.2. The molecule has 0 unspecified atom stereocenters. The van der Waals surface area contributed by atoms with Crippen molar-refractivity contribution in [3.63, 3.8) is 0 Å². The second kappa shape index (κ2) is 7.89. The van der Waals surface area contributed by atoms with Crippen molar-refractivity contribution in [3.05, 3.63) is 18.2 Å². The van der Waals surface area contributed by atoms with Crippen molar-refractivity contribution < 1.29 is 14.3 Å². The molecule has 0 spiro atoms. The van der Waals surface area contributed by atoms with Crippen molar-refractivity contribution in [3.8, 4) is 5.75 Å². The van der Waals surface area contributed by atoms with Crippen molar-refractivity contribution in [2.24, 2.45) is 0 Å². The van der Waals surface area contributed by atoms with Crippen LogP contribution in [0.2, 0.25) is 0 Å². The standard InChI is InChI=1S/C16H25N3O3/c1-13(20)21-10-3-11-22-16-5-4-14(12-15(16)17)19-8-6-18(2)7-9-19/h4-5,12H,3,6-11,17H2,1-2H3. The topological polar surface area (TPSA) is 68.0 Å². The lowest BCUT2D eigenvalue weighted by Gasteiger charge is -2.34. The van der Waals surface area contributed by atoms with Gasteiger partial charge in [0.05, 0.1) is 18.9 Å². The molecule has 0 saturated carbocycles. The molecule has 0 aliphatic carbocycles. The number of benzene rings is 1. The Balaban J connectivity index is 1.83. The highest BCUT2D eigenvalue weighted by molar-refractivity contribution is 5.65. The molecule has 1 saturated heterocycles. The fourth-order valence-corrected chi connectivity index (χ4v) is 2.39. The lowest BCUT2D eigenvalue weighted by molar-refractivity contribution is -0.141. The lowest BCUT2D eigenvalue weighted by Crippen LogP contribution is -2.44. The van der Waals surface area contributed by atoms with Gasteiger partial charge in [0.1, 0.15) is 5.75 Å². The van der Waals surface area contributed by atoms with Gasteiger partial charge in [-0.15, -0.1) is 0 Å². The summed E-state index contributed by atoms with van der Waals surface area (Å²) in [5, 5.41) is 0. The molecule has 1 aromatic rings. The maximum atomic E-state index is 10.6. The minimum atomic E-state index is -0.268. The summed E-state index contributed by atoms with van der Waals surface area (Å²) in [4.78, 5) is 15.3. The smallest absolute Gasteiger partial charge is 0.302 e. The summed E-state index contributed by atoms with van der Waals surface area (Å²) in [6.07, 6.45) is 0.652. The van der Waals surface area contributed by atoms with E-state index in [0.717, 1.165) is 31.9 Å². The first kappa shape index (κ1) is 16.4. The van der Waals surface area contributed by atoms with Gasteiger partial charge in [0.15, 0.2) is 0 Å². The van der Waals surface area contributed by atoms with Crippen LogP contribution in [-0.2, 0) is 9.53 Å². The zero-order chi connectivity index (χ0) is 15.9. The van der Waals surface area contributed by atoms with Crippen molar-refractivity contribution in [1.82, 2.24) is 4.90 Å². The molecule has 1 aliphatic heterocycles. The van der Waals surface area contributed by atoms with Gasteiger partial charge in [0.25, 0.3) is 0 Å². The monoisotopic (exact) mass is 307 g/mol. The zero-order valence-corrected chi connectivity index (χ0v) is 13.4. The first-order valence-corrected chi connectivity index (χ1v) is 7.65. The maximum absolute atomic E-state index is 10.6. The van der Waals surface area contributed by atoms with E-state index in [1.807, 2.05) is 18.2 Å². The third-order valence-corrected chi connectivity index (χ3v) is 3.71. The molecule has 22 heavy (non-hydrogen) atoms. The van der Waals surface area contributed by atoms with Gasteiger partial charge in [0, 0.05) is 45.2 Å². The van der Waals surface area contributed by atoms with Crippen molar-refractivity contribution in [1.29, 1.82) is 0 Å². The molecule has 0 amide bonds. The normalized spacial score (nSPS) is 15.6. The number of ether oxygens (including phenoxy) is 2. The molecule has 1 fully saturated rings. The number of rotatable bonds is 6. The number of esters is 1. The van der Waals surface area contributed by atoms with Crippen LogP contribution in [0.15, 0.2) is 18.2 Å². The largest absolute Gasteiger partial charge is 0.491 e. The van der Waals surface area contributed by atoms with Crippen LogP contribution in [0.5, 0.6) is 5.75 Å². The van der Waals surface area contributed by atoms with E-state index in [-0.39, 0.29) is 5.97 Å². The van der Waals surface area contributed by atoms with Crippen LogP contribution < -0.4 is 15.4 Å². The molecule has 1 aliphatic rings. The molecule has 6 heteroatoms. The van der Waals surface area contributed by atoms with Gasteiger partial charge < -0.3 is 25.0 Å². The van der Waals surface area contributed by atoms with Crippen LogP contribution in [0.3, 0.4) is 0 Å². The molecular formula is C16H25N3O3. The van der Waals surface area contributed by atoms with Crippen LogP contribution in [0, 0.1) is 0 Å². The zero-order valence-electron chi connectivity index (χ0n) is 13.4. The highest BCUT2D eigenvalue weighted by Crippen LogP contribution is 2.28. The van der Waals surface area contributed by atoms with Crippen LogP contribution in [0.1, 0.15) is 13.3 Å². The Hall–Kier alpha value is -1.95. The highest BCUT2D eigenvalue weighted by atomic mass is 16.5. The first-order valence-electron chi connectivity index (χ1n) is 7.65. The van der Waals surface area contributed by atoms with Gasteiger partial charge in [-0.1, -0.05) is 0 Å². The van der Waals surface area contributed by atoms with Crippen LogP contribution in [0.4, 0.5) is 11.4 Å². The van der Waals surface area contributed by atoms with Crippen LogP contribution in [-0.4, -0.2) is 57.3 Å². The van der Waals surface area contributed by atoms with Crippen molar-refractivity contribution in [2.75, 3.05) is 57.1 Å². The summed E-state index contributed by atoms with van der Waals surface area (Å²) in [5.74, 6) is 0.414. The number of carbonyl (C=O) groups is 1. The molecule has 6 nitrogen and oxygen atoms in total. The number of hydrogen-bond acceptors (Lipinski definition) is 6. The van der Waals surface area contributed by atoms with Gasteiger partial charge >= 0.3 is 5.97 Å². The van der Waals surface area contributed by atoms with E-state index in [9.17, 15) is 4.79 Å². The fourth-order valence-electron chi connectivity index (χ4n) is 2.39. The summed E-state index contributed by atoms with van der Waals surface area (Å²) in [5.41, 5.74) is 7.85. The Morgan fingerprint density at radius 3 is 2.59 bits per heavy atom. The first-order chi connectivity index (χ1) is 10.6. The van der Waals surface area contributed by atoms with E-state index in [1.165, 1.54) is 6.92 Å². The summed E-state index contributed by atoms with van der Waals surface area (Å²) >= 11 is 0. The molecule has 0 radical (unpaired) electrons. The quantitative estimate of drug-likeness (QED) is 0.486. The molecule has 0 bridgehead atoms. The molecule has 1 heterocycles. The van der Waals surface area contributed by atoms with Gasteiger partial charge in [0.2, 0.25) is 0 Å². The van der Waals surface area contributed by atoms with E-state index in [0.29, 0.717) is 31.1 Å². The van der Waals surface area contributed by atoms with Gasteiger partial charge in [-0.25, -0.2) is 0 Å². The molecule has 0 atom stereocenters. The van der Waals surface area contributed by atoms with E-state index in [4.69, 9.17) is 15.2 Å². The highest BCUT2D eigenvalue weighted by Gasteiger charge is 2.15. The number of hydrogen-bond donors (Lipinski definition) is 1. The molecule has 2 N–H and O–H groups in total. The second-order valence-corrected chi connectivity index (χ2v) is 5.55. The van der Waals surface area contributed by atoms with Gasteiger partial charge in [-0.3, -0.25) is 4.79 Å². The Kier molecular flexibility index (Phi) is 5.89. The SMILES string of the molecule is CC(=O)OCCCOc1ccc(N2CCN(C)CC2)cc1N. The Morgan fingerprint density at radius 2 is 1.95 bits per heavy atom. The van der Waals surface area contributed by atoms with Crippen LogP contribution in [0.25, 0.3) is 0 Å². The summed E-state index contributed by atoms with van der Waals surface area (Å²) in [7, 11) is 2.14. The van der Waals surface area contributed by atoms with Crippen LogP contribution >= 0.6 is 0 Å². The van der Waals surface area contributed by atoms with Crippen molar-refractivity contribution in [2.45, 2.75) is 13.3 Å². The number of likely N-dealkylation sites (N-methyl/N-ethyl adjacent to an activating group) is 1. The second-order valence-electron chi connectivity index (χ2n) is 5.55. The third kappa shape index (κ3) is 4.80. The summed E-state index contributed by atoms with van der Waals surface area (Å²) in [6.45, 7) is 6.40. The third-order valence-electron chi connectivity index (χ3n) is 3.71. The van der Waals surface area contributed by atoms with E-state index in [2.05, 4.69) is 16.8 Å². The summed E-state index contributed by atoms with van der Waals surface area (Å²) < 4.78 is 10.5. The van der Waals surface area contributed by atoms with Gasteiger partial charge in [-0.05, 0) is 25.2 Å². The predicted molar refractivity (Wildman–Crippen MR) is 87.3 cm³/mol.